The molecule has 0 radical (unpaired) electrons. The third kappa shape index (κ3) is 4.80. The molecule has 0 spiro atoms. The fourth-order valence-electron chi connectivity index (χ4n) is 2.72. The van der Waals surface area contributed by atoms with Crippen molar-refractivity contribution in [2.45, 2.75) is 39.2 Å². The summed E-state index contributed by atoms with van der Waals surface area (Å²) in [6.07, 6.45) is 1.76. The number of nitrogens with one attached hydrogen (secondary N) is 2. The van der Waals surface area contributed by atoms with Crippen LogP contribution in [0.5, 0.6) is 0 Å². The number of halogens is 2. The number of rotatable bonds is 6. The van der Waals surface area contributed by atoms with Crippen molar-refractivity contribution < 1.29 is 18.7 Å². The Bertz CT molecular complexity index is 552. The van der Waals surface area contributed by atoms with Gasteiger partial charge in [0.2, 0.25) is 0 Å². The predicted molar refractivity (Wildman–Crippen MR) is 90.3 cm³/mol. The van der Waals surface area contributed by atoms with Crippen LogP contribution in [0.4, 0.5) is 25.0 Å². The van der Waals surface area contributed by atoms with Crippen LogP contribution < -0.4 is 15.5 Å². The Morgan fingerprint density at radius 3 is 2.38 bits per heavy atom. The summed E-state index contributed by atoms with van der Waals surface area (Å²) in [4.78, 5) is 13.5. The van der Waals surface area contributed by atoms with Crippen molar-refractivity contribution in [3.8, 4) is 0 Å². The summed E-state index contributed by atoms with van der Waals surface area (Å²) in [6.45, 7) is 5.33. The largest absolute Gasteiger partial charge is 0.393 e. The Labute approximate surface area is 141 Å². The minimum atomic E-state index is -0.678. The summed E-state index contributed by atoms with van der Waals surface area (Å²) < 4.78 is 28.3. The van der Waals surface area contributed by atoms with Gasteiger partial charge in [0.15, 0.2) is 11.6 Å². The number of hydrogen-bond donors (Lipinski definition) is 3. The van der Waals surface area contributed by atoms with Crippen molar-refractivity contribution in [1.82, 2.24) is 5.32 Å². The first kappa shape index (κ1) is 18.4. The van der Waals surface area contributed by atoms with Gasteiger partial charge in [-0.2, -0.15) is 0 Å². The second-order valence-electron chi connectivity index (χ2n) is 6.46. The number of anilines is 2. The summed E-state index contributed by atoms with van der Waals surface area (Å²) in [5, 5.41) is 14.6. The van der Waals surface area contributed by atoms with Crippen LogP contribution in [0.2, 0.25) is 0 Å². The van der Waals surface area contributed by atoms with Gasteiger partial charge in [-0.25, -0.2) is 13.6 Å². The van der Waals surface area contributed by atoms with Crippen molar-refractivity contribution in [2.75, 3.05) is 29.9 Å². The third-order valence-electron chi connectivity index (χ3n) is 4.19. The van der Waals surface area contributed by atoms with Crippen LogP contribution in [0.25, 0.3) is 0 Å². The monoisotopic (exact) mass is 341 g/mol. The highest BCUT2D eigenvalue weighted by Crippen LogP contribution is 2.29. The highest BCUT2D eigenvalue weighted by Gasteiger charge is 2.21. The lowest BCUT2D eigenvalue weighted by Gasteiger charge is -2.20. The van der Waals surface area contributed by atoms with Gasteiger partial charge in [-0.1, -0.05) is 13.8 Å². The van der Waals surface area contributed by atoms with E-state index in [1.807, 2.05) is 13.8 Å². The Kier molecular flexibility index (Phi) is 6.36. The molecule has 24 heavy (non-hydrogen) atoms. The van der Waals surface area contributed by atoms with Gasteiger partial charge in [0.05, 0.1) is 6.10 Å². The topological polar surface area (TPSA) is 64.6 Å². The van der Waals surface area contributed by atoms with Crippen molar-refractivity contribution in [1.29, 1.82) is 0 Å². The molecular formula is C17H25F2N3O2. The normalized spacial score (nSPS) is 15.7. The zero-order chi connectivity index (χ0) is 17.7. The number of benzene rings is 1. The van der Waals surface area contributed by atoms with Crippen LogP contribution in [0, 0.1) is 17.6 Å². The number of aliphatic hydroxyl groups is 1. The number of aliphatic hydroxyl groups excluding tert-OH is 1. The second kappa shape index (κ2) is 8.28. The van der Waals surface area contributed by atoms with Gasteiger partial charge in [-0.3, -0.25) is 0 Å². The molecule has 2 rings (SSSR count). The van der Waals surface area contributed by atoms with Crippen molar-refractivity contribution >= 4 is 17.4 Å². The van der Waals surface area contributed by atoms with Gasteiger partial charge in [-0.15, -0.1) is 0 Å². The predicted octanol–water partition coefficient (Wildman–Crippen LogP) is 3.09. The van der Waals surface area contributed by atoms with Gasteiger partial charge in [0, 0.05) is 25.3 Å². The van der Waals surface area contributed by atoms with Crippen LogP contribution in [0.1, 0.15) is 33.1 Å². The van der Waals surface area contributed by atoms with Gasteiger partial charge in [0.1, 0.15) is 5.69 Å². The van der Waals surface area contributed by atoms with E-state index < -0.39 is 23.8 Å². The Hall–Kier alpha value is -1.89. The van der Waals surface area contributed by atoms with Crippen LogP contribution >= 0.6 is 0 Å². The van der Waals surface area contributed by atoms with E-state index in [9.17, 15) is 18.7 Å². The highest BCUT2D eigenvalue weighted by atomic mass is 19.1. The second-order valence-corrected chi connectivity index (χ2v) is 6.46. The smallest absolute Gasteiger partial charge is 0.319 e. The van der Waals surface area contributed by atoms with Crippen molar-refractivity contribution in [2.24, 2.45) is 5.92 Å². The van der Waals surface area contributed by atoms with Crippen LogP contribution in [0.3, 0.4) is 0 Å². The molecule has 0 saturated carbocycles. The summed E-state index contributed by atoms with van der Waals surface area (Å²) in [6, 6.07) is 1.69. The first-order chi connectivity index (χ1) is 11.4. The maximum absolute atomic E-state index is 14.2. The van der Waals surface area contributed by atoms with Crippen LogP contribution in [0.15, 0.2) is 12.1 Å². The molecule has 1 heterocycles. The molecular weight excluding hydrogens is 316 g/mol. The van der Waals surface area contributed by atoms with E-state index >= 15 is 0 Å². The van der Waals surface area contributed by atoms with E-state index in [0.717, 1.165) is 25.0 Å². The Balaban J connectivity index is 1.91. The molecule has 1 aliphatic rings. The SMILES string of the molecule is CC(C)C(O)CCNC(=O)Nc1cc(F)c(N2CCCC2)c(F)c1. The molecule has 1 aliphatic heterocycles. The van der Waals surface area contributed by atoms with Gasteiger partial charge in [0.25, 0.3) is 0 Å². The average Bonchev–Trinajstić information content (AvgIpc) is 3.00. The van der Waals surface area contributed by atoms with Gasteiger partial charge < -0.3 is 20.6 Å². The van der Waals surface area contributed by atoms with Crippen LogP contribution in [-0.2, 0) is 0 Å². The summed E-state index contributed by atoms with van der Waals surface area (Å²) in [5.74, 6) is -1.25. The van der Waals surface area contributed by atoms with E-state index in [4.69, 9.17) is 0 Å². The quantitative estimate of drug-likeness (QED) is 0.745. The summed E-state index contributed by atoms with van der Waals surface area (Å²) in [7, 11) is 0. The Morgan fingerprint density at radius 2 is 1.83 bits per heavy atom. The average molecular weight is 341 g/mol. The third-order valence-corrected chi connectivity index (χ3v) is 4.19. The maximum atomic E-state index is 14.2. The molecule has 134 valence electrons. The molecule has 5 nitrogen and oxygen atoms in total. The van der Waals surface area contributed by atoms with Crippen molar-refractivity contribution in [3.63, 3.8) is 0 Å². The van der Waals surface area contributed by atoms with Crippen molar-refractivity contribution in [3.05, 3.63) is 23.8 Å². The number of urea groups is 1. The van der Waals surface area contributed by atoms with Gasteiger partial charge in [-0.05, 0) is 37.3 Å². The molecule has 1 atom stereocenters. The highest BCUT2D eigenvalue weighted by molar-refractivity contribution is 5.89. The molecule has 2 amide bonds. The standard InChI is InChI=1S/C17H25F2N3O2/c1-11(2)15(23)5-6-20-17(24)21-12-9-13(18)16(14(19)10-12)22-7-3-4-8-22/h9-11,15,23H,3-8H2,1-2H3,(H2,20,21,24). The molecule has 1 aromatic carbocycles. The number of carbonyl (C=O) groups is 1. The maximum Gasteiger partial charge on any atom is 0.319 e. The fourth-order valence-corrected chi connectivity index (χ4v) is 2.72. The minimum Gasteiger partial charge on any atom is -0.393 e. The molecule has 0 aromatic heterocycles. The lowest BCUT2D eigenvalue weighted by molar-refractivity contribution is 0.117. The minimum absolute atomic E-state index is 0.0292. The number of hydrogen-bond acceptors (Lipinski definition) is 3. The van der Waals surface area contributed by atoms with E-state index in [2.05, 4.69) is 10.6 Å². The number of nitrogens with zero attached hydrogens (tertiary/aromatic N) is 1. The lowest BCUT2D eigenvalue weighted by atomic mass is 10.0. The summed E-state index contributed by atoms with van der Waals surface area (Å²) in [5.41, 5.74) is 0.0355. The Morgan fingerprint density at radius 1 is 1.25 bits per heavy atom. The molecule has 1 aromatic rings. The van der Waals surface area contributed by atoms with E-state index in [1.54, 1.807) is 4.90 Å². The van der Waals surface area contributed by atoms with E-state index in [1.165, 1.54) is 0 Å². The first-order valence-electron chi connectivity index (χ1n) is 8.35. The first-order valence-corrected chi connectivity index (χ1v) is 8.35. The zero-order valence-corrected chi connectivity index (χ0v) is 14.1. The lowest BCUT2D eigenvalue weighted by Crippen LogP contribution is -2.32. The van der Waals surface area contributed by atoms with E-state index in [-0.39, 0.29) is 23.8 Å². The molecule has 0 bridgehead atoms. The molecule has 1 saturated heterocycles. The molecule has 0 aliphatic carbocycles. The fraction of sp³-hybridized carbons (Fsp3) is 0.588. The molecule has 1 fully saturated rings. The number of carbonyl (C=O) groups excluding carboxylic acids is 1. The zero-order valence-electron chi connectivity index (χ0n) is 14.1. The van der Waals surface area contributed by atoms with Gasteiger partial charge >= 0.3 is 6.03 Å². The molecule has 3 N–H and O–H groups in total. The number of amides is 2. The molecule has 7 heteroatoms. The molecule has 1 unspecified atom stereocenters. The summed E-state index contributed by atoms with van der Waals surface area (Å²) >= 11 is 0. The van der Waals surface area contributed by atoms with E-state index in [0.29, 0.717) is 19.5 Å². The van der Waals surface area contributed by atoms with Crippen LogP contribution in [-0.4, -0.2) is 36.9 Å².